The minimum absolute atomic E-state index is 0.139. The van der Waals surface area contributed by atoms with Crippen LogP contribution in [0.3, 0.4) is 0 Å². The summed E-state index contributed by atoms with van der Waals surface area (Å²) >= 11 is 6.44. The molecule has 1 aliphatic rings. The highest BCUT2D eigenvalue weighted by Gasteiger charge is 2.23. The molecule has 1 saturated heterocycles. The number of hydrogen-bond donors (Lipinski definition) is 1. The summed E-state index contributed by atoms with van der Waals surface area (Å²) in [4.78, 5) is 28.7. The number of benzene rings is 2. The van der Waals surface area contributed by atoms with Crippen LogP contribution in [-0.4, -0.2) is 46.2 Å². The molecule has 3 heterocycles. The summed E-state index contributed by atoms with van der Waals surface area (Å²) in [7, 11) is 0. The van der Waals surface area contributed by atoms with Crippen LogP contribution >= 0.6 is 11.6 Å². The molecule has 7 nitrogen and oxygen atoms in total. The quantitative estimate of drug-likeness (QED) is 0.438. The highest BCUT2D eigenvalue weighted by molar-refractivity contribution is 6.33. The summed E-state index contributed by atoms with van der Waals surface area (Å²) in [5.74, 6) is 0.586. The molecular formula is C26H24ClN5O2. The fraction of sp³-hybridized carbons (Fsp3) is 0.231. The molecule has 5 rings (SSSR count). The Kier molecular flexibility index (Phi) is 6.13. The average molecular weight is 474 g/mol. The van der Waals surface area contributed by atoms with Crippen molar-refractivity contribution < 1.29 is 9.53 Å². The summed E-state index contributed by atoms with van der Waals surface area (Å²) in [5, 5.41) is 3.46. The topological polar surface area (TPSA) is 80.2 Å². The molecule has 0 aliphatic carbocycles. The third-order valence-corrected chi connectivity index (χ3v) is 6.03. The van der Waals surface area contributed by atoms with Crippen molar-refractivity contribution in [1.82, 2.24) is 15.0 Å². The van der Waals surface area contributed by atoms with Crippen molar-refractivity contribution in [3.05, 3.63) is 77.6 Å². The molecule has 0 bridgehead atoms. The van der Waals surface area contributed by atoms with E-state index in [1.54, 1.807) is 36.7 Å². The van der Waals surface area contributed by atoms with E-state index in [9.17, 15) is 4.79 Å². The first-order valence-corrected chi connectivity index (χ1v) is 11.5. The third-order valence-electron chi connectivity index (χ3n) is 5.70. The van der Waals surface area contributed by atoms with E-state index in [4.69, 9.17) is 16.3 Å². The first kappa shape index (κ1) is 22.3. The smallest absolute Gasteiger partial charge is 0.257 e. The van der Waals surface area contributed by atoms with Gasteiger partial charge in [0.25, 0.3) is 5.91 Å². The fourth-order valence-corrected chi connectivity index (χ4v) is 4.38. The zero-order chi connectivity index (χ0) is 23.7. The number of para-hydroxylation sites is 2. The minimum Gasteiger partial charge on any atom is -0.372 e. The number of fused-ring (bicyclic) bond motifs is 1. The number of aromatic nitrogens is 3. The number of nitrogens with zero attached hydrogens (tertiary/aromatic N) is 4. The highest BCUT2D eigenvalue weighted by Crippen LogP contribution is 2.30. The Morgan fingerprint density at radius 3 is 2.50 bits per heavy atom. The molecule has 8 heteroatoms. The maximum absolute atomic E-state index is 12.9. The number of rotatable bonds is 4. The normalized spacial score (nSPS) is 18.1. The van der Waals surface area contributed by atoms with Gasteiger partial charge >= 0.3 is 0 Å². The molecule has 2 aromatic heterocycles. The van der Waals surface area contributed by atoms with Crippen molar-refractivity contribution in [1.29, 1.82) is 0 Å². The SMILES string of the molecule is CC1CN(c2ccc(C(=O)Nc3ccc(Cl)c(-c4cnc5ccccc5n4)c3)cn2)CC(C)O1. The van der Waals surface area contributed by atoms with E-state index in [-0.39, 0.29) is 18.1 Å². The zero-order valence-electron chi connectivity index (χ0n) is 18.9. The lowest BCUT2D eigenvalue weighted by atomic mass is 10.1. The number of nitrogens with one attached hydrogen (secondary N) is 1. The van der Waals surface area contributed by atoms with Gasteiger partial charge in [-0.15, -0.1) is 0 Å². The zero-order valence-corrected chi connectivity index (χ0v) is 19.7. The van der Waals surface area contributed by atoms with Crippen LogP contribution in [0.4, 0.5) is 11.5 Å². The Balaban J connectivity index is 1.33. The summed E-state index contributed by atoms with van der Waals surface area (Å²) in [6.07, 6.45) is 3.56. The molecule has 2 aromatic carbocycles. The second-order valence-corrected chi connectivity index (χ2v) is 8.87. The van der Waals surface area contributed by atoms with Crippen LogP contribution in [0.5, 0.6) is 0 Å². The molecule has 0 spiro atoms. The first-order valence-electron chi connectivity index (χ1n) is 11.2. The molecule has 2 atom stereocenters. The van der Waals surface area contributed by atoms with Gasteiger partial charge in [-0.1, -0.05) is 23.7 Å². The highest BCUT2D eigenvalue weighted by atomic mass is 35.5. The number of morpholine rings is 1. The van der Waals surface area contributed by atoms with E-state index >= 15 is 0 Å². The number of pyridine rings is 1. The van der Waals surface area contributed by atoms with Gasteiger partial charge in [-0.05, 0) is 56.3 Å². The number of carbonyl (C=O) groups excluding carboxylic acids is 1. The molecule has 2 unspecified atom stereocenters. The lowest BCUT2D eigenvalue weighted by molar-refractivity contribution is -0.00546. The number of anilines is 2. The molecule has 34 heavy (non-hydrogen) atoms. The van der Waals surface area contributed by atoms with Gasteiger partial charge in [0.1, 0.15) is 5.82 Å². The lowest BCUT2D eigenvalue weighted by Gasteiger charge is -2.36. The molecule has 1 aliphatic heterocycles. The van der Waals surface area contributed by atoms with Crippen molar-refractivity contribution in [2.24, 2.45) is 0 Å². The Hall–Kier alpha value is -3.55. The van der Waals surface area contributed by atoms with Crippen LogP contribution in [-0.2, 0) is 4.74 Å². The molecule has 1 N–H and O–H groups in total. The summed E-state index contributed by atoms with van der Waals surface area (Å²) in [6.45, 7) is 5.64. The Morgan fingerprint density at radius 2 is 1.76 bits per heavy atom. The van der Waals surface area contributed by atoms with E-state index in [0.29, 0.717) is 27.5 Å². The van der Waals surface area contributed by atoms with Crippen molar-refractivity contribution >= 4 is 40.0 Å². The monoisotopic (exact) mass is 473 g/mol. The molecule has 1 fully saturated rings. The van der Waals surface area contributed by atoms with Crippen molar-refractivity contribution in [3.8, 4) is 11.3 Å². The summed E-state index contributed by atoms with van der Waals surface area (Å²) in [5.41, 5.74) is 4.00. The number of ether oxygens (including phenoxy) is 1. The van der Waals surface area contributed by atoms with Gasteiger partial charge < -0.3 is 15.0 Å². The Bertz CT molecular complexity index is 1330. The Labute approximate surface area is 202 Å². The van der Waals surface area contributed by atoms with Crippen LogP contribution in [0.15, 0.2) is 67.0 Å². The second-order valence-electron chi connectivity index (χ2n) is 8.46. The van der Waals surface area contributed by atoms with Crippen molar-refractivity contribution in [3.63, 3.8) is 0 Å². The van der Waals surface area contributed by atoms with Crippen molar-refractivity contribution in [2.45, 2.75) is 26.1 Å². The van der Waals surface area contributed by atoms with Gasteiger partial charge in [0.15, 0.2) is 0 Å². The summed E-state index contributed by atoms with van der Waals surface area (Å²) < 4.78 is 5.79. The fourth-order valence-electron chi connectivity index (χ4n) is 4.16. The molecule has 4 aromatic rings. The molecule has 0 saturated carbocycles. The van der Waals surface area contributed by atoms with Gasteiger partial charge in [-0.2, -0.15) is 0 Å². The molecule has 0 radical (unpaired) electrons. The van der Waals surface area contributed by atoms with Crippen LogP contribution < -0.4 is 10.2 Å². The number of amides is 1. The second kappa shape index (κ2) is 9.37. The van der Waals surface area contributed by atoms with Crippen LogP contribution in [0.1, 0.15) is 24.2 Å². The number of halogens is 1. The first-order chi connectivity index (χ1) is 16.5. The van der Waals surface area contributed by atoms with E-state index in [0.717, 1.165) is 29.9 Å². The van der Waals surface area contributed by atoms with Gasteiger partial charge in [0.05, 0.1) is 45.7 Å². The summed E-state index contributed by atoms with van der Waals surface area (Å²) in [6, 6.07) is 16.6. The molecule has 172 valence electrons. The molecular weight excluding hydrogens is 450 g/mol. The van der Waals surface area contributed by atoms with Crippen LogP contribution in [0.2, 0.25) is 5.02 Å². The van der Waals surface area contributed by atoms with Gasteiger partial charge in [0.2, 0.25) is 0 Å². The predicted molar refractivity (Wildman–Crippen MR) is 134 cm³/mol. The minimum atomic E-state index is -0.249. The largest absolute Gasteiger partial charge is 0.372 e. The van der Waals surface area contributed by atoms with E-state index in [1.807, 2.05) is 44.2 Å². The lowest BCUT2D eigenvalue weighted by Crippen LogP contribution is -2.45. The number of hydrogen-bond acceptors (Lipinski definition) is 6. The maximum Gasteiger partial charge on any atom is 0.257 e. The molecule has 1 amide bonds. The van der Waals surface area contributed by atoms with Gasteiger partial charge in [-0.3, -0.25) is 9.78 Å². The van der Waals surface area contributed by atoms with Gasteiger partial charge in [0, 0.05) is 30.5 Å². The average Bonchev–Trinajstić information content (AvgIpc) is 2.84. The van der Waals surface area contributed by atoms with Crippen molar-refractivity contribution in [2.75, 3.05) is 23.3 Å². The van der Waals surface area contributed by atoms with E-state index in [1.165, 1.54) is 0 Å². The van der Waals surface area contributed by atoms with Crippen LogP contribution in [0, 0.1) is 0 Å². The number of carbonyl (C=O) groups is 1. The third kappa shape index (κ3) is 4.71. The maximum atomic E-state index is 12.9. The standard InChI is InChI=1S/C26H24ClN5O2/c1-16-14-32(15-17(2)34-16)25-10-7-18(12-29-25)26(33)30-19-8-9-21(27)20(11-19)24-13-28-22-5-3-4-6-23(22)31-24/h3-13,16-17H,14-15H2,1-2H3,(H,30,33). The van der Waals surface area contributed by atoms with Gasteiger partial charge in [-0.25, -0.2) is 9.97 Å². The van der Waals surface area contributed by atoms with Crippen LogP contribution in [0.25, 0.3) is 22.3 Å². The predicted octanol–water partition coefficient (Wildman–Crippen LogP) is 5.21. The Morgan fingerprint density at radius 1 is 1.00 bits per heavy atom. The van der Waals surface area contributed by atoms with E-state index < -0.39 is 0 Å². The van der Waals surface area contributed by atoms with E-state index in [2.05, 4.69) is 25.2 Å².